The van der Waals surface area contributed by atoms with E-state index >= 15 is 0 Å². The second kappa shape index (κ2) is 11.4. The van der Waals surface area contributed by atoms with Crippen molar-refractivity contribution in [3.8, 4) is 5.75 Å². The highest BCUT2D eigenvalue weighted by Crippen LogP contribution is 2.34. The Balaban J connectivity index is 1.82. The van der Waals surface area contributed by atoms with Gasteiger partial charge in [-0.05, 0) is 62.4 Å². The van der Waals surface area contributed by atoms with Gasteiger partial charge in [0, 0.05) is 24.3 Å². The number of carboxylic acids is 1. The van der Waals surface area contributed by atoms with Crippen LogP contribution < -0.4 is 4.74 Å². The van der Waals surface area contributed by atoms with Crippen LogP contribution >= 0.6 is 0 Å². The summed E-state index contributed by atoms with van der Waals surface area (Å²) in [7, 11) is 0. The number of Topliss-reactive ketones (excluding diaryl/α,β-unsaturated/α-hetero) is 1. The average Bonchev–Trinajstić information content (AvgIpc) is 3.03. The first-order valence-electron chi connectivity index (χ1n) is 10.2. The number of ether oxygens (including phenoxy) is 1. The van der Waals surface area contributed by atoms with Crippen molar-refractivity contribution in [1.29, 1.82) is 0 Å². The van der Waals surface area contributed by atoms with Gasteiger partial charge in [-0.1, -0.05) is 25.3 Å². The summed E-state index contributed by atoms with van der Waals surface area (Å²) in [6.45, 7) is 2.50. The number of carbonyl (C=O) groups excluding carboxylic acids is 2. The zero-order valence-electron chi connectivity index (χ0n) is 16.6. The van der Waals surface area contributed by atoms with Gasteiger partial charge in [0.15, 0.2) is 5.78 Å². The zero-order chi connectivity index (χ0) is 20.4. The van der Waals surface area contributed by atoms with Gasteiger partial charge in [-0.2, -0.15) is 0 Å². The summed E-state index contributed by atoms with van der Waals surface area (Å²) in [5.74, 6) is 0.326. The predicted octanol–water partition coefficient (Wildman–Crippen LogP) is 4.84. The Kier molecular flexibility index (Phi) is 8.92. The third-order valence-electron chi connectivity index (χ3n) is 5.25. The molecule has 0 aromatic heterocycles. The minimum absolute atomic E-state index is 0.0103. The molecule has 2 rings (SSSR count). The first-order valence-corrected chi connectivity index (χ1v) is 10.2. The minimum Gasteiger partial charge on any atom is -0.494 e. The minimum atomic E-state index is -0.756. The van der Waals surface area contributed by atoms with Gasteiger partial charge in [-0.25, -0.2) is 0 Å². The van der Waals surface area contributed by atoms with Crippen molar-refractivity contribution >= 4 is 17.5 Å². The average molecular weight is 386 g/mol. The number of carbonyl (C=O) groups is 3. The molecule has 0 bridgehead atoms. The van der Waals surface area contributed by atoms with Crippen LogP contribution in [-0.4, -0.2) is 29.2 Å². The van der Waals surface area contributed by atoms with E-state index in [0.717, 1.165) is 37.9 Å². The molecule has 2 atom stereocenters. The van der Waals surface area contributed by atoms with Crippen molar-refractivity contribution in [3.63, 3.8) is 0 Å². The second-order valence-corrected chi connectivity index (χ2v) is 7.30. The van der Waals surface area contributed by atoms with Crippen LogP contribution in [0.1, 0.15) is 68.6 Å². The number of hydrogen-bond acceptors (Lipinski definition) is 4. The lowest BCUT2D eigenvalue weighted by Gasteiger charge is -2.14. The first-order chi connectivity index (χ1) is 13.5. The fourth-order valence-corrected chi connectivity index (χ4v) is 3.72. The van der Waals surface area contributed by atoms with E-state index in [0.29, 0.717) is 25.0 Å². The summed E-state index contributed by atoms with van der Waals surface area (Å²) in [5, 5.41) is 8.65. The van der Waals surface area contributed by atoms with Crippen LogP contribution in [0.2, 0.25) is 0 Å². The number of carboxylic acid groups (broad SMARTS) is 1. The van der Waals surface area contributed by atoms with E-state index in [-0.39, 0.29) is 29.8 Å². The number of unbranched alkanes of at least 4 members (excludes halogenated alkanes) is 3. The SMILES string of the molecule is CCOc1ccc(C(=O)C=C[C@@H]2CCC(=O)[C@H]2CCCCCCC(=O)O)cc1. The van der Waals surface area contributed by atoms with Crippen molar-refractivity contribution in [1.82, 2.24) is 0 Å². The number of aliphatic carboxylic acids is 1. The Morgan fingerprint density at radius 1 is 1.14 bits per heavy atom. The molecule has 0 saturated heterocycles. The maximum atomic E-state index is 12.4. The van der Waals surface area contributed by atoms with Crippen LogP contribution in [0.25, 0.3) is 0 Å². The highest BCUT2D eigenvalue weighted by Gasteiger charge is 2.32. The normalized spacial score (nSPS) is 19.2. The topological polar surface area (TPSA) is 80.7 Å². The number of benzene rings is 1. The molecule has 0 spiro atoms. The lowest BCUT2D eigenvalue weighted by atomic mass is 9.89. The molecule has 0 radical (unpaired) electrons. The monoisotopic (exact) mass is 386 g/mol. The molecule has 1 aliphatic carbocycles. The van der Waals surface area contributed by atoms with Crippen molar-refractivity contribution in [2.45, 2.75) is 58.3 Å². The number of ketones is 2. The molecule has 0 unspecified atom stereocenters. The highest BCUT2D eigenvalue weighted by atomic mass is 16.5. The summed E-state index contributed by atoms with van der Waals surface area (Å²) in [6, 6.07) is 7.09. The van der Waals surface area contributed by atoms with E-state index in [1.807, 2.05) is 13.0 Å². The Morgan fingerprint density at radius 2 is 1.86 bits per heavy atom. The van der Waals surface area contributed by atoms with Gasteiger partial charge in [0.1, 0.15) is 11.5 Å². The van der Waals surface area contributed by atoms with Gasteiger partial charge in [-0.15, -0.1) is 0 Å². The van der Waals surface area contributed by atoms with Gasteiger partial charge in [0.2, 0.25) is 0 Å². The second-order valence-electron chi connectivity index (χ2n) is 7.30. The number of rotatable bonds is 12. The van der Waals surface area contributed by atoms with Gasteiger partial charge in [-0.3, -0.25) is 14.4 Å². The Labute approximate surface area is 166 Å². The van der Waals surface area contributed by atoms with E-state index in [4.69, 9.17) is 9.84 Å². The summed E-state index contributed by atoms with van der Waals surface area (Å²) in [5.41, 5.74) is 0.610. The molecule has 5 nitrogen and oxygen atoms in total. The lowest BCUT2D eigenvalue weighted by Crippen LogP contribution is -2.13. The maximum absolute atomic E-state index is 12.4. The fourth-order valence-electron chi connectivity index (χ4n) is 3.72. The molecular formula is C23H30O5. The van der Waals surface area contributed by atoms with Crippen molar-refractivity contribution in [2.24, 2.45) is 11.8 Å². The molecule has 1 fully saturated rings. The van der Waals surface area contributed by atoms with Crippen LogP contribution in [0.15, 0.2) is 36.4 Å². The van der Waals surface area contributed by atoms with Crippen molar-refractivity contribution in [2.75, 3.05) is 6.61 Å². The molecule has 0 amide bonds. The van der Waals surface area contributed by atoms with Crippen LogP contribution in [-0.2, 0) is 9.59 Å². The Bertz CT molecular complexity index is 689. The molecule has 1 saturated carbocycles. The van der Waals surface area contributed by atoms with E-state index < -0.39 is 5.97 Å². The number of hydrogen-bond donors (Lipinski definition) is 1. The quantitative estimate of drug-likeness (QED) is 0.316. The Morgan fingerprint density at radius 3 is 2.54 bits per heavy atom. The van der Waals surface area contributed by atoms with Gasteiger partial charge < -0.3 is 9.84 Å². The molecule has 1 aromatic rings. The van der Waals surface area contributed by atoms with Crippen molar-refractivity contribution < 1.29 is 24.2 Å². The molecule has 1 aromatic carbocycles. The van der Waals surface area contributed by atoms with E-state index in [2.05, 4.69) is 0 Å². The van der Waals surface area contributed by atoms with Gasteiger partial charge >= 0.3 is 5.97 Å². The van der Waals surface area contributed by atoms with Crippen molar-refractivity contribution in [3.05, 3.63) is 42.0 Å². The van der Waals surface area contributed by atoms with Crippen LogP contribution in [0.3, 0.4) is 0 Å². The lowest BCUT2D eigenvalue weighted by molar-refractivity contribution is -0.137. The first kappa shape index (κ1) is 21.9. The van der Waals surface area contributed by atoms with Gasteiger partial charge in [0.25, 0.3) is 0 Å². The van der Waals surface area contributed by atoms with E-state index in [1.54, 1.807) is 30.3 Å². The molecular weight excluding hydrogens is 356 g/mol. The summed E-state index contributed by atoms with van der Waals surface area (Å²) < 4.78 is 5.39. The molecule has 0 aliphatic heterocycles. The van der Waals surface area contributed by atoms with Crippen LogP contribution in [0.4, 0.5) is 0 Å². The zero-order valence-corrected chi connectivity index (χ0v) is 16.6. The van der Waals surface area contributed by atoms with E-state index in [1.165, 1.54) is 0 Å². The molecule has 0 heterocycles. The predicted molar refractivity (Wildman–Crippen MR) is 108 cm³/mol. The Hall–Kier alpha value is -2.43. The third kappa shape index (κ3) is 6.95. The van der Waals surface area contributed by atoms with Crippen LogP contribution in [0, 0.1) is 11.8 Å². The summed E-state index contributed by atoms with van der Waals surface area (Å²) >= 11 is 0. The number of allylic oxidation sites excluding steroid dienone is 2. The summed E-state index contributed by atoms with van der Waals surface area (Å²) in [4.78, 5) is 35.1. The smallest absolute Gasteiger partial charge is 0.303 e. The largest absolute Gasteiger partial charge is 0.494 e. The molecule has 1 N–H and O–H groups in total. The molecule has 152 valence electrons. The fraction of sp³-hybridized carbons (Fsp3) is 0.522. The van der Waals surface area contributed by atoms with Crippen LogP contribution in [0.5, 0.6) is 5.75 Å². The highest BCUT2D eigenvalue weighted by molar-refractivity contribution is 6.04. The van der Waals surface area contributed by atoms with E-state index in [9.17, 15) is 14.4 Å². The molecule has 5 heteroatoms. The third-order valence-corrected chi connectivity index (χ3v) is 5.25. The molecule has 28 heavy (non-hydrogen) atoms. The standard InChI is InChI=1S/C23H30O5/c1-2-28-19-13-9-18(10-14-19)21(24)15-11-17-12-16-22(25)20(17)7-5-3-4-6-8-23(26)27/h9-11,13-15,17,20H,2-8,12,16H2,1H3,(H,26,27)/t17-,20+/m1/s1. The molecule has 1 aliphatic rings. The maximum Gasteiger partial charge on any atom is 0.303 e. The van der Waals surface area contributed by atoms with Gasteiger partial charge in [0.05, 0.1) is 6.61 Å². The summed E-state index contributed by atoms with van der Waals surface area (Å²) in [6.07, 6.45) is 9.34.